The third-order valence-corrected chi connectivity index (χ3v) is 4.72. The van der Waals surface area contributed by atoms with Crippen molar-refractivity contribution in [3.63, 3.8) is 0 Å². The summed E-state index contributed by atoms with van der Waals surface area (Å²) in [5, 5.41) is 3.60. The van der Waals surface area contributed by atoms with Gasteiger partial charge in [-0.25, -0.2) is 19.6 Å². The van der Waals surface area contributed by atoms with Crippen LogP contribution in [0.15, 0.2) is 67.3 Å². The summed E-state index contributed by atoms with van der Waals surface area (Å²) in [6.45, 7) is 3.91. The minimum absolute atomic E-state index is 0.294. The van der Waals surface area contributed by atoms with Crippen molar-refractivity contribution in [3.8, 4) is 17.2 Å². The van der Waals surface area contributed by atoms with E-state index in [4.69, 9.17) is 4.98 Å². The van der Waals surface area contributed by atoms with Gasteiger partial charge in [-0.05, 0) is 50.2 Å². The van der Waals surface area contributed by atoms with Crippen molar-refractivity contribution < 1.29 is 13.2 Å². The standard InChI is InChI=1S/C21H17F3N6/c1-20(2,16-6-3-5-15(27-16)14-9-11-25-13-26-14)17-7-4-8-19(28-17)30-12-10-18(29-30)21(22,23)24/h3-13H,1-2H3. The quantitative estimate of drug-likeness (QED) is 0.497. The molecule has 0 aromatic carbocycles. The summed E-state index contributed by atoms with van der Waals surface area (Å²) < 4.78 is 39.7. The molecule has 0 unspecified atom stereocenters. The monoisotopic (exact) mass is 410 g/mol. The molecule has 0 saturated carbocycles. The van der Waals surface area contributed by atoms with Gasteiger partial charge in [0, 0.05) is 17.8 Å². The van der Waals surface area contributed by atoms with Gasteiger partial charge in [0.15, 0.2) is 11.5 Å². The topological polar surface area (TPSA) is 69.4 Å². The molecular weight excluding hydrogens is 393 g/mol. The van der Waals surface area contributed by atoms with Crippen molar-refractivity contribution in [2.45, 2.75) is 25.4 Å². The fraction of sp³-hybridized carbons (Fsp3) is 0.190. The first-order valence-corrected chi connectivity index (χ1v) is 9.10. The Morgan fingerprint density at radius 3 is 2.20 bits per heavy atom. The molecule has 0 fully saturated rings. The number of aromatic nitrogens is 6. The third kappa shape index (κ3) is 3.78. The van der Waals surface area contributed by atoms with Crippen molar-refractivity contribution >= 4 is 0 Å². The summed E-state index contributed by atoms with van der Waals surface area (Å²) in [7, 11) is 0. The van der Waals surface area contributed by atoms with E-state index >= 15 is 0 Å². The Hall–Kier alpha value is -3.62. The predicted octanol–water partition coefficient (Wildman–Crippen LogP) is 4.46. The average molecular weight is 410 g/mol. The highest BCUT2D eigenvalue weighted by molar-refractivity contribution is 5.54. The molecule has 0 aliphatic rings. The van der Waals surface area contributed by atoms with Gasteiger partial charge >= 0.3 is 6.18 Å². The molecule has 0 saturated heterocycles. The molecule has 6 nitrogen and oxygen atoms in total. The molecule has 0 atom stereocenters. The molecule has 4 heterocycles. The lowest BCUT2D eigenvalue weighted by Gasteiger charge is -2.24. The maximum atomic E-state index is 12.9. The first-order chi connectivity index (χ1) is 14.2. The van der Waals surface area contributed by atoms with Crippen LogP contribution in [0, 0.1) is 0 Å². The summed E-state index contributed by atoms with van der Waals surface area (Å²) in [5.41, 5.74) is 1.21. The van der Waals surface area contributed by atoms with Crippen molar-refractivity contribution in [3.05, 3.63) is 84.3 Å². The van der Waals surface area contributed by atoms with E-state index in [0.717, 1.165) is 16.4 Å². The van der Waals surface area contributed by atoms with Crippen LogP contribution in [0.4, 0.5) is 13.2 Å². The molecule has 4 rings (SSSR count). The second-order valence-electron chi connectivity index (χ2n) is 7.15. The van der Waals surface area contributed by atoms with Gasteiger partial charge in [0.2, 0.25) is 0 Å². The maximum Gasteiger partial charge on any atom is 0.435 e. The van der Waals surface area contributed by atoms with Crippen molar-refractivity contribution in [1.29, 1.82) is 0 Å². The second-order valence-corrected chi connectivity index (χ2v) is 7.15. The molecular formula is C21H17F3N6. The molecule has 0 radical (unpaired) electrons. The molecule has 0 amide bonds. The van der Waals surface area contributed by atoms with Gasteiger partial charge in [-0.2, -0.15) is 18.3 Å². The van der Waals surface area contributed by atoms with E-state index in [0.29, 0.717) is 22.9 Å². The lowest BCUT2D eigenvalue weighted by atomic mass is 9.84. The van der Waals surface area contributed by atoms with Crippen molar-refractivity contribution in [2.24, 2.45) is 0 Å². The van der Waals surface area contributed by atoms with E-state index in [1.54, 1.807) is 24.4 Å². The smallest absolute Gasteiger partial charge is 0.250 e. The van der Waals surface area contributed by atoms with Gasteiger partial charge in [0.25, 0.3) is 0 Å². The molecule has 9 heteroatoms. The zero-order valence-corrected chi connectivity index (χ0v) is 16.2. The van der Waals surface area contributed by atoms with Crippen LogP contribution in [0.5, 0.6) is 0 Å². The van der Waals surface area contributed by atoms with Gasteiger partial charge in [-0.15, -0.1) is 0 Å². The Labute approximate surface area is 170 Å². The molecule has 30 heavy (non-hydrogen) atoms. The van der Waals surface area contributed by atoms with Crippen LogP contribution < -0.4 is 0 Å². The highest BCUT2D eigenvalue weighted by Crippen LogP contribution is 2.31. The molecule has 0 aliphatic carbocycles. The Bertz CT molecular complexity index is 1170. The van der Waals surface area contributed by atoms with Gasteiger partial charge in [-0.3, -0.25) is 4.98 Å². The van der Waals surface area contributed by atoms with Crippen LogP contribution in [0.2, 0.25) is 0 Å². The van der Waals surface area contributed by atoms with Crippen LogP contribution in [0.25, 0.3) is 17.2 Å². The Balaban J connectivity index is 1.70. The van der Waals surface area contributed by atoms with E-state index in [9.17, 15) is 13.2 Å². The fourth-order valence-corrected chi connectivity index (χ4v) is 3.00. The molecule has 4 aromatic rings. The predicted molar refractivity (Wildman–Crippen MR) is 104 cm³/mol. The highest BCUT2D eigenvalue weighted by Gasteiger charge is 2.34. The second kappa shape index (κ2) is 7.33. The minimum atomic E-state index is -4.51. The number of hydrogen-bond acceptors (Lipinski definition) is 5. The molecule has 0 bridgehead atoms. The molecule has 0 N–H and O–H groups in total. The maximum absolute atomic E-state index is 12.9. The number of nitrogens with zero attached hydrogens (tertiary/aromatic N) is 6. The van der Waals surface area contributed by atoms with Gasteiger partial charge in [0.1, 0.15) is 6.33 Å². The van der Waals surface area contributed by atoms with Crippen molar-refractivity contribution in [2.75, 3.05) is 0 Å². The summed E-state index contributed by atoms with van der Waals surface area (Å²) >= 11 is 0. The molecule has 0 aliphatic heterocycles. The summed E-state index contributed by atoms with van der Waals surface area (Å²) in [6.07, 6.45) is -0.158. The number of pyridine rings is 2. The molecule has 152 valence electrons. The van der Waals surface area contributed by atoms with Gasteiger partial charge in [-0.1, -0.05) is 12.1 Å². The van der Waals surface area contributed by atoms with Crippen molar-refractivity contribution in [1.82, 2.24) is 29.7 Å². The first kappa shape index (κ1) is 19.7. The largest absolute Gasteiger partial charge is 0.435 e. The van der Waals surface area contributed by atoms with Crippen LogP contribution in [0.3, 0.4) is 0 Å². The lowest BCUT2D eigenvalue weighted by molar-refractivity contribution is -0.141. The SMILES string of the molecule is CC(C)(c1cccc(-c2ccncn2)n1)c1cccc(-n2ccc(C(F)(F)F)n2)n1. The van der Waals surface area contributed by atoms with Crippen LogP contribution in [-0.4, -0.2) is 29.7 Å². The van der Waals surface area contributed by atoms with E-state index in [1.165, 1.54) is 12.5 Å². The number of halogens is 3. The average Bonchev–Trinajstić information content (AvgIpc) is 3.26. The molecule has 4 aromatic heterocycles. The lowest BCUT2D eigenvalue weighted by Crippen LogP contribution is -2.23. The van der Waals surface area contributed by atoms with E-state index in [-0.39, 0.29) is 0 Å². The Morgan fingerprint density at radius 2 is 1.53 bits per heavy atom. The summed E-state index contributed by atoms with van der Waals surface area (Å²) in [4.78, 5) is 17.4. The zero-order valence-electron chi connectivity index (χ0n) is 16.2. The minimum Gasteiger partial charge on any atom is -0.250 e. The highest BCUT2D eigenvalue weighted by atomic mass is 19.4. The van der Waals surface area contributed by atoms with Crippen LogP contribution in [-0.2, 0) is 11.6 Å². The van der Waals surface area contributed by atoms with Crippen LogP contribution in [0.1, 0.15) is 30.9 Å². The Kier molecular flexibility index (Phi) is 4.81. The Morgan fingerprint density at radius 1 is 0.800 bits per heavy atom. The zero-order chi connectivity index (χ0) is 21.4. The van der Waals surface area contributed by atoms with Crippen LogP contribution >= 0.6 is 0 Å². The summed E-state index contributed by atoms with van der Waals surface area (Å²) in [6, 6.07) is 13.5. The first-order valence-electron chi connectivity index (χ1n) is 9.10. The number of alkyl halides is 3. The normalized spacial score (nSPS) is 12.2. The van der Waals surface area contributed by atoms with E-state index in [2.05, 4.69) is 20.1 Å². The molecule has 0 spiro atoms. The van der Waals surface area contributed by atoms with Gasteiger partial charge in [0.05, 0.1) is 22.8 Å². The number of rotatable bonds is 4. The van der Waals surface area contributed by atoms with Gasteiger partial charge < -0.3 is 0 Å². The fourth-order valence-electron chi connectivity index (χ4n) is 3.00. The third-order valence-electron chi connectivity index (χ3n) is 4.72. The van der Waals surface area contributed by atoms with E-state index in [1.807, 2.05) is 38.1 Å². The van der Waals surface area contributed by atoms with E-state index < -0.39 is 17.3 Å². The number of hydrogen-bond donors (Lipinski definition) is 0. The summed E-state index contributed by atoms with van der Waals surface area (Å²) in [5.74, 6) is 0.294.